The Hall–Kier alpha value is -1.92. The number of morpholine rings is 1. The first kappa shape index (κ1) is 17.9. The molecule has 1 aromatic carbocycles. The maximum absolute atomic E-state index is 12.6. The second-order valence-electron chi connectivity index (χ2n) is 6.23. The highest BCUT2D eigenvalue weighted by Gasteiger charge is 2.18. The van der Waals surface area contributed by atoms with E-state index in [9.17, 15) is 4.79 Å². The van der Waals surface area contributed by atoms with Crippen molar-refractivity contribution in [3.8, 4) is 0 Å². The van der Waals surface area contributed by atoms with Crippen LogP contribution in [0.1, 0.15) is 32.4 Å². The van der Waals surface area contributed by atoms with Crippen molar-refractivity contribution >= 4 is 22.9 Å². The number of anilines is 1. The third-order valence-corrected chi connectivity index (χ3v) is 5.56. The average Bonchev–Trinajstić information content (AvgIpc) is 2.97. The summed E-state index contributed by atoms with van der Waals surface area (Å²) < 4.78 is 5.41. The first-order chi connectivity index (χ1) is 12.1. The van der Waals surface area contributed by atoms with Crippen LogP contribution in [0, 0.1) is 13.8 Å². The lowest BCUT2D eigenvalue weighted by molar-refractivity contribution is 0.0951. The number of hydrogen-bond donors (Lipinski definition) is 1. The van der Waals surface area contributed by atoms with Gasteiger partial charge < -0.3 is 15.0 Å². The fraction of sp³-hybridized carbons (Fsp3) is 0.474. The molecular weight excluding hydrogens is 334 g/mol. The zero-order valence-electron chi connectivity index (χ0n) is 14.9. The predicted molar refractivity (Wildman–Crippen MR) is 102 cm³/mol. The molecule has 0 aliphatic carbocycles. The number of carbonyl (C=O) groups excluding carboxylic acids is 1. The number of nitrogens with one attached hydrogen (secondary N) is 1. The van der Waals surface area contributed by atoms with Crippen LogP contribution in [0.25, 0.3) is 0 Å². The van der Waals surface area contributed by atoms with Crippen LogP contribution in [0.4, 0.5) is 5.69 Å². The molecule has 1 aromatic heterocycles. The molecule has 25 heavy (non-hydrogen) atoms. The predicted octanol–water partition coefficient (Wildman–Crippen LogP) is 2.96. The summed E-state index contributed by atoms with van der Waals surface area (Å²) >= 11 is 1.75. The van der Waals surface area contributed by atoms with Crippen LogP contribution in [0.5, 0.6) is 0 Å². The van der Waals surface area contributed by atoms with Crippen molar-refractivity contribution in [2.24, 2.45) is 0 Å². The highest BCUT2D eigenvalue weighted by Crippen LogP contribution is 2.21. The van der Waals surface area contributed by atoms with Gasteiger partial charge in [-0.15, -0.1) is 11.3 Å². The molecule has 134 valence electrons. The molecule has 0 bridgehead atoms. The van der Waals surface area contributed by atoms with Crippen molar-refractivity contribution in [1.29, 1.82) is 0 Å². The highest BCUT2D eigenvalue weighted by molar-refractivity contribution is 7.11. The molecule has 1 saturated heterocycles. The van der Waals surface area contributed by atoms with Gasteiger partial charge >= 0.3 is 0 Å². The van der Waals surface area contributed by atoms with E-state index in [4.69, 9.17) is 4.74 Å². The SMILES string of the molecule is Cc1nc(CCCNC(=O)c2ccccc2N2CCOCC2)sc1C. The fourth-order valence-corrected chi connectivity index (χ4v) is 3.90. The molecule has 0 unspecified atom stereocenters. The number of carbonyl (C=O) groups is 1. The number of hydrogen-bond acceptors (Lipinski definition) is 5. The minimum atomic E-state index is -0.00593. The Balaban J connectivity index is 1.54. The number of para-hydroxylation sites is 1. The monoisotopic (exact) mass is 359 g/mol. The molecule has 1 aliphatic rings. The number of nitrogens with zero attached hydrogens (tertiary/aromatic N) is 2. The van der Waals surface area contributed by atoms with Gasteiger partial charge in [0.1, 0.15) is 0 Å². The number of amides is 1. The van der Waals surface area contributed by atoms with Crippen LogP contribution in [-0.4, -0.2) is 43.7 Å². The summed E-state index contributed by atoms with van der Waals surface area (Å²) in [4.78, 5) is 20.6. The largest absolute Gasteiger partial charge is 0.378 e. The van der Waals surface area contributed by atoms with Crippen molar-refractivity contribution in [3.05, 3.63) is 45.4 Å². The van der Waals surface area contributed by atoms with Crippen LogP contribution in [0.3, 0.4) is 0 Å². The highest BCUT2D eigenvalue weighted by atomic mass is 32.1. The Morgan fingerprint density at radius 3 is 2.76 bits per heavy atom. The van der Waals surface area contributed by atoms with Crippen molar-refractivity contribution < 1.29 is 9.53 Å². The van der Waals surface area contributed by atoms with Crippen molar-refractivity contribution in [2.75, 3.05) is 37.7 Å². The van der Waals surface area contributed by atoms with Crippen LogP contribution in [0.2, 0.25) is 0 Å². The van der Waals surface area contributed by atoms with Crippen molar-refractivity contribution in [3.63, 3.8) is 0 Å². The summed E-state index contributed by atoms with van der Waals surface area (Å²) in [5, 5.41) is 4.20. The second kappa shape index (κ2) is 8.45. The Labute approximate surface area is 153 Å². The van der Waals surface area contributed by atoms with Gasteiger partial charge in [0.15, 0.2) is 0 Å². The number of benzene rings is 1. The molecule has 1 aliphatic heterocycles. The van der Waals surface area contributed by atoms with Crippen LogP contribution >= 0.6 is 11.3 Å². The average molecular weight is 359 g/mol. The number of ether oxygens (including phenoxy) is 1. The van der Waals surface area contributed by atoms with E-state index in [1.165, 1.54) is 4.88 Å². The van der Waals surface area contributed by atoms with Gasteiger partial charge in [-0.1, -0.05) is 12.1 Å². The van der Waals surface area contributed by atoms with E-state index in [0.29, 0.717) is 19.8 Å². The summed E-state index contributed by atoms with van der Waals surface area (Å²) in [5.41, 5.74) is 2.85. The molecule has 3 rings (SSSR count). The minimum Gasteiger partial charge on any atom is -0.378 e. The molecule has 0 radical (unpaired) electrons. The number of rotatable bonds is 6. The third kappa shape index (κ3) is 4.58. The molecule has 1 N–H and O–H groups in total. The van der Waals surface area contributed by atoms with Gasteiger partial charge in [-0.05, 0) is 32.4 Å². The summed E-state index contributed by atoms with van der Waals surface area (Å²) in [5.74, 6) is -0.00593. The quantitative estimate of drug-likeness (QED) is 0.806. The van der Waals surface area contributed by atoms with Gasteiger partial charge in [0, 0.05) is 36.6 Å². The van der Waals surface area contributed by atoms with E-state index in [-0.39, 0.29) is 5.91 Å². The maximum Gasteiger partial charge on any atom is 0.253 e. The molecule has 6 heteroatoms. The molecule has 0 saturated carbocycles. The first-order valence-electron chi connectivity index (χ1n) is 8.78. The van der Waals surface area contributed by atoms with Crippen molar-refractivity contribution in [2.45, 2.75) is 26.7 Å². The summed E-state index contributed by atoms with van der Waals surface area (Å²) in [6.45, 7) is 7.87. The van der Waals surface area contributed by atoms with Crippen LogP contribution in [0.15, 0.2) is 24.3 Å². The fourth-order valence-electron chi connectivity index (χ4n) is 2.93. The first-order valence-corrected chi connectivity index (χ1v) is 9.59. The van der Waals surface area contributed by atoms with Gasteiger partial charge in [0.2, 0.25) is 0 Å². The Morgan fingerprint density at radius 2 is 2.04 bits per heavy atom. The molecular formula is C19H25N3O2S. The number of thiazole rings is 1. The molecule has 1 amide bonds. The standard InChI is InChI=1S/C19H25N3O2S/c1-14-15(2)25-18(21-14)8-5-9-20-19(23)16-6-3-4-7-17(16)22-10-12-24-13-11-22/h3-4,6-7H,5,8-13H2,1-2H3,(H,20,23). The van der Waals surface area contributed by atoms with Crippen molar-refractivity contribution in [1.82, 2.24) is 10.3 Å². The normalized spacial score (nSPS) is 14.6. The lowest BCUT2D eigenvalue weighted by Crippen LogP contribution is -2.38. The van der Waals surface area contributed by atoms with Gasteiger partial charge in [-0.3, -0.25) is 4.79 Å². The summed E-state index contributed by atoms with van der Waals surface area (Å²) in [6.07, 6.45) is 1.81. The van der Waals surface area contributed by atoms with Gasteiger partial charge in [-0.25, -0.2) is 4.98 Å². The minimum absolute atomic E-state index is 0.00593. The van der Waals surface area contributed by atoms with E-state index >= 15 is 0 Å². The molecule has 5 nitrogen and oxygen atoms in total. The molecule has 1 fully saturated rings. The number of aryl methyl sites for hydroxylation is 3. The van der Waals surface area contributed by atoms with Crippen LogP contribution < -0.4 is 10.2 Å². The molecule has 2 aromatic rings. The summed E-state index contributed by atoms with van der Waals surface area (Å²) in [6, 6.07) is 7.81. The molecule has 0 spiro atoms. The van der Waals surface area contributed by atoms with Gasteiger partial charge in [0.05, 0.1) is 29.5 Å². The van der Waals surface area contributed by atoms with E-state index in [1.54, 1.807) is 11.3 Å². The van der Waals surface area contributed by atoms with Gasteiger partial charge in [0.25, 0.3) is 5.91 Å². The second-order valence-corrected chi connectivity index (χ2v) is 7.51. The van der Waals surface area contributed by atoms with E-state index in [0.717, 1.165) is 47.9 Å². The Morgan fingerprint density at radius 1 is 1.28 bits per heavy atom. The topological polar surface area (TPSA) is 54.5 Å². The lowest BCUT2D eigenvalue weighted by atomic mass is 10.1. The van der Waals surface area contributed by atoms with Gasteiger partial charge in [-0.2, -0.15) is 0 Å². The van der Waals surface area contributed by atoms with Crippen LogP contribution in [-0.2, 0) is 11.2 Å². The third-order valence-electron chi connectivity index (χ3n) is 4.43. The van der Waals surface area contributed by atoms with E-state index in [2.05, 4.69) is 22.1 Å². The smallest absolute Gasteiger partial charge is 0.253 e. The Kier molecular flexibility index (Phi) is 6.04. The number of aromatic nitrogens is 1. The van der Waals surface area contributed by atoms with E-state index < -0.39 is 0 Å². The zero-order chi connectivity index (χ0) is 17.6. The molecule has 2 heterocycles. The summed E-state index contributed by atoms with van der Waals surface area (Å²) in [7, 11) is 0. The Bertz CT molecular complexity index is 704. The van der Waals surface area contributed by atoms with E-state index in [1.807, 2.05) is 31.2 Å². The maximum atomic E-state index is 12.6. The molecule has 0 atom stereocenters. The lowest BCUT2D eigenvalue weighted by Gasteiger charge is -2.30. The zero-order valence-corrected chi connectivity index (χ0v) is 15.7.